The molecule has 0 saturated carbocycles. The molecule has 6 nitrogen and oxygen atoms in total. The molecule has 20 heavy (non-hydrogen) atoms. The number of anilines is 2. The molecular weight excluding hydrogens is 254 g/mol. The zero-order valence-corrected chi connectivity index (χ0v) is 12.5. The molecule has 0 aliphatic carbocycles. The van der Waals surface area contributed by atoms with Gasteiger partial charge in [0.2, 0.25) is 12.4 Å². The second-order valence-corrected chi connectivity index (χ2v) is 5.59. The first-order chi connectivity index (χ1) is 9.58. The third-order valence-electron chi connectivity index (χ3n) is 3.30. The van der Waals surface area contributed by atoms with Gasteiger partial charge < -0.3 is 15.1 Å². The number of aromatic nitrogens is 2. The molecule has 1 fully saturated rings. The number of hydrogen-bond acceptors (Lipinski definition) is 5. The van der Waals surface area contributed by atoms with E-state index < -0.39 is 0 Å². The maximum absolute atomic E-state index is 10.7. The van der Waals surface area contributed by atoms with Gasteiger partial charge in [0.05, 0.1) is 0 Å². The highest BCUT2D eigenvalue weighted by atomic mass is 16.1. The van der Waals surface area contributed by atoms with E-state index in [1.165, 1.54) is 0 Å². The van der Waals surface area contributed by atoms with Crippen LogP contribution >= 0.6 is 0 Å². The molecule has 110 valence electrons. The molecule has 0 unspecified atom stereocenters. The fraction of sp³-hybridized carbons (Fsp3) is 0.643. The minimum absolute atomic E-state index is 0.554. The summed E-state index contributed by atoms with van der Waals surface area (Å²) in [5.41, 5.74) is 0.957. The first-order valence-electron chi connectivity index (χ1n) is 7.12. The number of nitrogens with one attached hydrogen (secondary N) is 1. The summed E-state index contributed by atoms with van der Waals surface area (Å²) in [7, 11) is 0. The van der Waals surface area contributed by atoms with Crippen LogP contribution in [0.1, 0.15) is 19.5 Å². The van der Waals surface area contributed by atoms with Gasteiger partial charge in [-0.1, -0.05) is 13.8 Å². The van der Waals surface area contributed by atoms with Crippen LogP contribution in [0.25, 0.3) is 0 Å². The lowest BCUT2D eigenvalue weighted by Crippen LogP contribution is -2.46. The number of nitrogens with zero attached hydrogens (tertiary/aromatic N) is 4. The van der Waals surface area contributed by atoms with Crippen molar-refractivity contribution < 1.29 is 4.79 Å². The van der Waals surface area contributed by atoms with E-state index in [0.717, 1.165) is 50.6 Å². The van der Waals surface area contributed by atoms with E-state index in [1.807, 2.05) is 13.0 Å². The number of aryl methyl sites for hydroxylation is 1. The van der Waals surface area contributed by atoms with Gasteiger partial charge in [-0.3, -0.25) is 4.79 Å². The molecule has 0 atom stereocenters. The van der Waals surface area contributed by atoms with Crippen molar-refractivity contribution in [1.82, 2.24) is 14.9 Å². The van der Waals surface area contributed by atoms with Gasteiger partial charge in [0.1, 0.15) is 5.82 Å². The Morgan fingerprint density at radius 2 is 2.00 bits per heavy atom. The van der Waals surface area contributed by atoms with Gasteiger partial charge in [0, 0.05) is 44.5 Å². The Kier molecular flexibility index (Phi) is 4.76. The van der Waals surface area contributed by atoms with Crippen LogP contribution in [-0.2, 0) is 4.79 Å². The second kappa shape index (κ2) is 6.54. The Bertz CT molecular complexity index is 455. The molecule has 2 rings (SSSR count). The molecule has 6 heteroatoms. The molecule has 2 heterocycles. The molecule has 1 amide bonds. The van der Waals surface area contributed by atoms with E-state index in [4.69, 9.17) is 0 Å². The largest absolute Gasteiger partial charge is 0.354 e. The molecule has 0 bridgehead atoms. The number of amides is 1. The van der Waals surface area contributed by atoms with Crippen LogP contribution in [0.4, 0.5) is 11.8 Å². The minimum atomic E-state index is 0.554. The van der Waals surface area contributed by atoms with Gasteiger partial charge in [-0.2, -0.15) is 4.98 Å². The summed E-state index contributed by atoms with van der Waals surface area (Å²) >= 11 is 0. The quantitative estimate of drug-likeness (QED) is 0.818. The highest BCUT2D eigenvalue weighted by Gasteiger charge is 2.17. The van der Waals surface area contributed by atoms with Crippen LogP contribution in [0.15, 0.2) is 6.07 Å². The lowest BCUT2D eigenvalue weighted by molar-refractivity contribution is -0.118. The van der Waals surface area contributed by atoms with E-state index >= 15 is 0 Å². The Hall–Kier alpha value is -1.85. The Labute approximate surface area is 120 Å². The van der Waals surface area contributed by atoms with Crippen molar-refractivity contribution in [2.24, 2.45) is 5.92 Å². The molecule has 0 spiro atoms. The second-order valence-electron chi connectivity index (χ2n) is 5.59. The first kappa shape index (κ1) is 14.6. The zero-order valence-electron chi connectivity index (χ0n) is 12.5. The predicted octanol–water partition coefficient (Wildman–Crippen LogP) is 1.13. The maximum atomic E-state index is 10.7. The molecule has 0 radical (unpaired) electrons. The molecule has 1 aliphatic rings. The van der Waals surface area contributed by atoms with Crippen molar-refractivity contribution in [3.8, 4) is 0 Å². The maximum Gasteiger partial charge on any atom is 0.224 e. The molecule has 1 N–H and O–H groups in total. The normalized spacial score (nSPS) is 15.6. The van der Waals surface area contributed by atoms with Crippen molar-refractivity contribution >= 4 is 18.2 Å². The SMILES string of the molecule is Cc1cc(N2CCN(C=O)CC2)nc(NCC(C)C)n1. The lowest BCUT2D eigenvalue weighted by atomic mass is 10.2. The predicted molar refractivity (Wildman–Crippen MR) is 79.9 cm³/mol. The standard InChI is InChI=1S/C14H23N5O/c1-11(2)9-15-14-16-12(3)8-13(17-14)19-6-4-18(10-20)5-7-19/h8,10-11H,4-7,9H2,1-3H3,(H,15,16,17). The van der Waals surface area contributed by atoms with Crippen LogP contribution in [0.5, 0.6) is 0 Å². The van der Waals surface area contributed by atoms with E-state index in [2.05, 4.69) is 34.0 Å². The zero-order chi connectivity index (χ0) is 14.5. The van der Waals surface area contributed by atoms with Gasteiger partial charge in [-0.25, -0.2) is 4.98 Å². The summed E-state index contributed by atoms with van der Waals surface area (Å²) in [5.74, 6) is 2.18. The van der Waals surface area contributed by atoms with Crippen LogP contribution in [0.3, 0.4) is 0 Å². The molecule has 1 aromatic heterocycles. The average molecular weight is 277 g/mol. The van der Waals surface area contributed by atoms with Crippen molar-refractivity contribution in [3.05, 3.63) is 11.8 Å². The fourth-order valence-corrected chi connectivity index (χ4v) is 2.14. The van der Waals surface area contributed by atoms with E-state index in [-0.39, 0.29) is 0 Å². The van der Waals surface area contributed by atoms with Crippen molar-refractivity contribution in [2.45, 2.75) is 20.8 Å². The monoisotopic (exact) mass is 277 g/mol. The van der Waals surface area contributed by atoms with Crippen LogP contribution in [-0.4, -0.2) is 54.0 Å². The third kappa shape index (κ3) is 3.82. The first-order valence-corrected chi connectivity index (χ1v) is 7.12. The number of piperazine rings is 1. The summed E-state index contributed by atoms with van der Waals surface area (Å²) in [6.45, 7) is 10.3. The fourth-order valence-electron chi connectivity index (χ4n) is 2.14. The van der Waals surface area contributed by atoms with E-state index in [0.29, 0.717) is 11.9 Å². The van der Waals surface area contributed by atoms with Gasteiger partial charge in [0.25, 0.3) is 0 Å². The smallest absolute Gasteiger partial charge is 0.224 e. The number of carbonyl (C=O) groups excluding carboxylic acids is 1. The van der Waals surface area contributed by atoms with Crippen molar-refractivity contribution in [1.29, 1.82) is 0 Å². The topological polar surface area (TPSA) is 61.4 Å². The van der Waals surface area contributed by atoms with Gasteiger partial charge in [-0.05, 0) is 12.8 Å². The van der Waals surface area contributed by atoms with Gasteiger partial charge in [-0.15, -0.1) is 0 Å². The molecule has 0 aromatic carbocycles. The van der Waals surface area contributed by atoms with Gasteiger partial charge in [0.15, 0.2) is 0 Å². The minimum Gasteiger partial charge on any atom is -0.354 e. The lowest BCUT2D eigenvalue weighted by Gasteiger charge is -2.33. The van der Waals surface area contributed by atoms with Crippen LogP contribution < -0.4 is 10.2 Å². The highest BCUT2D eigenvalue weighted by molar-refractivity contribution is 5.50. The molecule has 1 aromatic rings. The van der Waals surface area contributed by atoms with Crippen molar-refractivity contribution in [3.63, 3.8) is 0 Å². The van der Waals surface area contributed by atoms with E-state index in [1.54, 1.807) is 4.90 Å². The van der Waals surface area contributed by atoms with Crippen molar-refractivity contribution in [2.75, 3.05) is 42.9 Å². The number of hydrogen-bond donors (Lipinski definition) is 1. The van der Waals surface area contributed by atoms with Crippen LogP contribution in [0.2, 0.25) is 0 Å². The van der Waals surface area contributed by atoms with Crippen LogP contribution in [0, 0.1) is 12.8 Å². The Balaban J connectivity index is 2.06. The summed E-state index contributed by atoms with van der Waals surface area (Å²) in [5, 5.41) is 3.27. The van der Waals surface area contributed by atoms with Gasteiger partial charge >= 0.3 is 0 Å². The summed E-state index contributed by atoms with van der Waals surface area (Å²) in [6, 6.07) is 2.00. The Morgan fingerprint density at radius 3 is 2.60 bits per heavy atom. The molecule has 1 aliphatic heterocycles. The highest BCUT2D eigenvalue weighted by Crippen LogP contribution is 2.16. The number of rotatable bonds is 5. The molecule has 1 saturated heterocycles. The average Bonchev–Trinajstić information content (AvgIpc) is 2.44. The Morgan fingerprint density at radius 1 is 1.30 bits per heavy atom. The molecular formula is C14H23N5O. The number of carbonyl (C=O) groups is 1. The summed E-state index contributed by atoms with van der Waals surface area (Å²) in [4.78, 5) is 23.7. The third-order valence-corrected chi connectivity index (χ3v) is 3.30. The summed E-state index contributed by atoms with van der Waals surface area (Å²) in [6.07, 6.45) is 0.915. The summed E-state index contributed by atoms with van der Waals surface area (Å²) < 4.78 is 0. The van der Waals surface area contributed by atoms with E-state index in [9.17, 15) is 4.79 Å².